The standard InChI is InChI=1S/C10H14ClN7/c1-3-4-5-17(2)9-14-8(11)15-10(16-9)18-7-12-6-13-18/h6-7H,3-5H2,1-2H3. The second-order valence-electron chi connectivity index (χ2n) is 3.82. The van der Waals surface area contributed by atoms with Gasteiger partial charge < -0.3 is 4.90 Å². The van der Waals surface area contributed by atoms with Crippen LogP contribution in [0.2, 0.25) is 5.28 Å². The summed E-state index contributed by atoms with van der Waals surface area (Å²) in [4.78, 5) is 18.2. The van der Waals surface area contributed by atoms with Crippen LogP contribution in [0.15, 0.2) is 12.7 Å². The highest BCUT2D eigenvalue weighted by atomic mass is 35.5. The molecule has 0 amide bonds. The number of nitrogens with zero attached hydrogens (tertiary/aromatic N) is 7. The first-order valence-electron chi connectivity index (χ1n) is 5.68. The van der Waals surface area contributed by atoms with E-state index in [-0.39, 0.29) is 5.28 Å². The SMILES string of the molecule is CCCCN(C)c1nc(Cl)nc(-n2cncn2)n1. The van der Waals surface area contributed by atoms with E-state index in [0.717, 1.165) is 19.4 Å². The summed E-state index contributed by atoms with van der Waals surface area (Å²) in [5.41, 5.74) is 0. The van der Waals surface area contributed by atoms with Crippen LogP contribution in [0.1, 0.15) is 19.8 Å². The van der Waals surface area contributed by atoms with E-state index in [4.69, 9.17) is 11.6 Å². The predicted molar refractivity (Wildman–Crippen MR) is 67.9 cm³/mol. The minimum Gasteiger partial charge on any atom is -0.344 e. The number of hydrogen-bond acceptors (Lipinski definition) is 6. The van der Waals surface area contributed by atoms with Crippen LogP contribution in [-0.2, 0) is 0 Å². The van der Waals surface area contributed by atoms with Crippen LogP contribution in [0.25, 0.3) is 5.95 Å². The van der Waals surface area contributed by atoms with Crippen molar-refractivity contribution in [3.8, 4) is 5.95 Å². The highest BCUT2D eigenvalue weighted by molar-refractivity contribution is 6.28. The fourth-order valence-corrected chi connectivity index (χ4v) is 1.56. The van der Waals surface area contributed by atoms with Crippen molar-refractivity contribution in [2.45, 2.75) is 19.8 Å². The second kappa shape index (κ2) is 5.72. The fraction of sp³-hybridized carbons (Fsp3) is 0.500. The topological polar surface area (TPSA) is 72.6 Å². The minimum absolute atomic E-state index is 0.147. The Morgan fingerprint density at radius 1 is 1.33 bits per heavy atom. The first-order chi connectivity index (χ1) is 8.70. The number of unbranched alkanes of at least 4 members (excludes halogenated alkanes) is 1. The molecule has 0 radical (unpaired) electrons. The lowest BCUT2D eigenvalue weighted by atomic mass is 10.3. The van der Waals surface area contributed by atoms with E-state index in [1.165, 1.54) is 17.3 Å². The monoisotopic (exact) mass is 267 g/mol. The first-order valence-corrected chi connectivity index (χ1v) is 6.06. The molecule has 0 spiro atoms. The maximum atomic E-state index is 5.89. The summed E-state index contributed by atoms with van der Waals surface area (Å²) < 4.78 is 1.45. The smallest absolute Gasteiger partial charge is 0.258 e. The Labute approximate surface area is 110 Å². The molecule has 0 N–H and O–H groups in total. The third-order valence-corrected chi connectivity index (χ3v) is 2.57. The van der Waals surface area contributed by atoms with Crippen molar-refractivity contribution in [2.75, 3.05) is 18.5 Å². The maximum absolute atomic E-state index is 5.89. The average molecular weight is 268 g/mol. The van der Waals surface area contributed by atoms with Crippen molar-refractivity contribution in [3.63, 3.8) is 0 Å². The van der Waals surface area contributed by atoms with E-state index in [1.54, 1.807) is 0 Å². The number of anilines is 1. The number of rotatable bonds is 5. The highest BCUT2D eigenvalue weighted by Gasteiger charge is 2.10. The normalized spacial score (nSPS) is 10.6. The Morgan fingerprint density at radius 2 is 2.17 bits per heavy atom. The van der Waals surface area contributed by atoms with Gasteiger partial charge in [0.25, 0.3) is 5.95 Å². The van der Waals surface area contributed by atoms with Crippen LogP contribution >= 0.6 is 11.6 Å². The molecule has 96 valence electrons. The molecule has 7 nitrogen and oxygen atoms in total. The number of aromatic nitrogens is 6. The predicted octanol–water partition coefficient (Wildman–Crippen LogP) is 1.34. The van der Waals surface area contributed by atoms with Crippen LogP contribution in [0.5, 0.6) is 0 Å². The van der Waals surface area contributed by atoms with Gasteiger partial charge in [-0.25, -0.2) is 4.98 Å². The van der Waals surface area contributed by atoms with Gasteiger partial charge >= 0.3 is 0 Å². The van der Waals surface area contributed by atoms with Crippen LogP contribution in [0, 0.1) is 0 Å². The summed E-state index contributed by atoms with van der Waals surface area (Å²) in [5.74, 6) is 0.903. The van der Waals surface area contributed by atoms with Crippen molar-refractivity contribution in [1.29, 1.82) is 0 Å². The molecule has 0 saturated carbocycles. The number of hydrogen-bond donors (Lipinski definition) is 0. The molecule has 2 rings (SSSR count). The maximum Gasteiger partial charge on any atom is 0.258 e. The van der Waals surface area contributed by atoms with Crippen molar-refractivity contribution < 1.29 is 0 Å². The molecule has 8 heteroatoms. The van der Waals surface area contributed by atoms with E-state index in [2.05, 4.69) is 32.0 Å². The Kier molecular flexibility index (Phi) is 4.03. The molecular weight excluding hydrogens is 254 g/mol. The van der Waals surface area contributed by atoms with E-state index >= 15 is 0 Å². The zero-order valence-corrected chi connectivity index (χ0v) is 11.0. The summed E-state index contributed by atoms with van der Waals surface area (Å²) in [5, 5.41) is 4.11. The molecule has 0 aliphatic carbocycles. The molecule has 2 aromatic rings. The fourth-order valence-electron chi connectivity index (χ4n) is 1.41. The molecule has 18 heavy (non-hydrogen) atoms. The molecule has 0 unspecified atom stereocenters. The molecule has 0 fully saturated rings. The molecular formula is C10H14ClN7. The summed E-state index contributed by atoms with van der Waals surface area (Å²) in [6, 6.07) is 0. The Hall–Kier alpha value is -1.76. The van der Waals surface area contributed by atoms with Gasteiger partial charge in [-0.3, -0.25) is 0 Å². The van der Waals surface area contributed by atoms with E-state index in [1.807, 2.05) is 11.9 Å². The van der Waals surface area contributed by atoms with Crippen molar-refractivity contribution in [2.24, 2.45) is 0 Å². The van der Waals surface area contributed by atoms with Gasteiger partial charge in [0.05, 0.1) is 0 Å². The highest BCUT2D eigenvalue weighted by Crippen LogP contribution is 2.12. The van der Waals surface area contributed by atoms with Gasteiger partial charge in [-0.15, -0.1) is 0 Å². The molecule has 0 aromatic carbocycles. The number of halogens is 1. The Bertz CT molecular complexity index is 499. The molecule has 2 heterocycles. The van der Waals surface area contributed by atoms with Crippen LogP contribution < -0.4 is 4.90 Å². The van der Waals surface area contributed by atoms with Crippen LogP contribution in [-0.4, -0.2) is 43.3 Å². The summed E-state index contributed by atoms with van der Waals surface area (Å²) in [6.45, 7) is 3.00. The molecule has 0 saturated heterocycles. The summed E-state index contributed by atoms with van der Waals surface area (Å²) in [7, 11) is 1.92. The van der Waals surface area contributed by atoms with E-state index in [9.17, 15) is 0 Å². The van der Waals surface area contributed by atoms with Gasteiger partial charge in [-0.05, 0) is 18.0 Å². The lowest BCUT2D eigenvalue weighted by molar-refractivity contribution is 0.732. The van der Waals surface area contributed by atoms with Gasteiger partial charge in [0.15, 0.2) is 0 Å². The average Bonchev–Trinajstić information content (AvgIpc) is 2.89. The Morgan fingerprint density at radius 3 is 2.83 bits per heavy atom. The molecule has 0 atom stereocenters. The van der Waals surface area contributed by atoms with Crippen molar-refractivity contribution in [3.05, 3.63) is 17.9 Å². The first kappa shape index (κ1) is 12.7. The van der Waals surface area contributed by atoms with E-state index in [0.29, 0.717) is 11.9 Å². The largest absolute Gasteiger partial charge is 0.344 e. The summed E-state index contributed by atoms with van der Waals surface area (Å²) in [6.07, 6.45) is 5.11. The van der Waals surface area contributed by atoms with Crippen molar-refractivity contribution in [1.82, 2.24) is 29.7 Å². The lowest BCUT2D eigenvalue weighted by Crippen LogP contribution is -2.22. The molecule has 0 aliphatic heterocycles. The van der Waals surface area contributed by atoms with E-state index < -0.39 is 0 Å². The lowest BCUT2D eigenvalue weighted by Gasteiger charge is -2.16. The zero-order chi connectivity index (χ0) is 13.0. The second-order valence-corrected chi connectivity index (χ2v) is 4.16. The summed E-state index contributed by atoms with van der Waals surface area (Å²) >= 11 is 5.89. The molecule has 0 bridgehead atoms. The van der Waals surface area contributed by atoms with Crippen LogP contribution in [0.3, 0.4) is 0 Å². The third kappa shape index (κ3) is 2.92. The van der Waals surface area contributed by atoms with Gasteiger partial charge in [-0.2, -0.15) is 24.7 Å². The Balaban J connectivity index is 2.26. The molecule has 0 aliphatic rings. The van der Waals surface area contributed by atoms with Crippen molar-refractivity contribution >= 4 is 17.5 Å². The van der Waals surface area contributed by atoms with Gasteiger partial charge in [0.1, 0.15) is 12.7 Å². The third-order valence-electron chi connectivity index (χ3n) is 2.40. The zero-order valence-electron chi connectivity index (χ0n) is 10.3. The van der Waals surface area contributed by atoms with Gasteiger partial charge in [0, 0.05) is 13.6 Å². The van der Waals surface area contributed by atoms with Crippen LogP contribution in [0.4, 0.5) is 5.95 Å². The minimum atomic E-state index is 0.147. The molecule has 2 aromatic heterocycles. The van der Waals surface area contributed by atoms with Gasteiger partial charge in [-0.1, -0.05) is 13.3 Å². The van der Waals surface area contributed by atoms with Gasteiger partial charge in [0.2, 0.25) is 11.2 Å². The quantitative estimate of drug-likeness (QED) is 0.814.